The molecule has 26 heavy (non-hydrogen) atoms. The van der Waals surface area contributed by atoms with Crippen LogP contribution in [0.1, 0.15) is 63.2 Å². The molecule has 2 fully saturated rings. The molecule has 2 aliphatic rings. The van der Waals surface area contributed by atoms with Crippen LogP contribution >= 0.6 is 0 Å². The fourth-order valence-electron chi connectivity index (χ4n) is 4.16. The zero-order chi connectivity index (χ0) is 18.8. The number of nitrogens with one attached hydrogen (secondary N) is 1. The predicted molar refractivity (Wildman–Crippen MR) is 104 cm³/mol. The third-order valence-corrected chi connectivity index (χ3v) is 6.05. The Morgan fingerprint density at radius 2 is 1.81 bits per heavy atom. The van der Waals surface area contributed by atoms with Crippen molar-refractivity contribution in [3.05, 3.63) is 18.0 Å². The first-order valence-electron chi connectivity index (χ1n) is 10.1. The molecule has 2 saturated heterocycles. The lowest BCUT2D eigenvalue weighted by molar-refractivity contribution is 0.0145. The third-order valence-electron chi connectivity index (χ3n) is 6.05. The molecular formula is C20H35N5O. The number of nitrogens with zero attached hydrogens (tertiary/aromatic N) is 4. The van der Waals surface area contributed by atoms with Crippen molar-refractivity contribution < 1.29 is 4.79 Å². The van der Waals surface area contributed by atoms with Crippen molar-refractivity contribution >= 4 is 5.91 Å². The molecule has 0 aromatic carbocycles. The highest BCUT2D eigenvalue weighted by atomic mass is 16.1. The van der Waals surface area contributed by atoms with Gasteiger partial charge in [-0.25, -0.2) is 0 Å². The summed E-state index contributed by atoms with van der Waals surface area (Å²) in [6.07, 6.45) is 9.70. The van der Waals surface area contributed by atoms with E-state index in [9.17, 15) is 4.79 Å². The standard InChI is InChI=1S/C20H35N5O/c1-19(2,3)25-15-17(14-22-25)18(26)21-16-20(8-12-23(4)13-9-20)24-10-6-5-7-11-24/h14-15H,5-13,16H2,1-4H3,(H,21,26). The van der Waals surface area contributed by atoms with Gasteiger partial charge < -0.3 is 10.2 Å². The fraction of sp³-hybridized carbons (Fsp3) is 0.800. The van der Waals surface area contributed by atoms with Gasteiger partial charge in [0, 0.05) is 18.3 Å². The summed E-state index contributed by atoms with van der Waals surface area (Å²) >= 11 is 0. The van der Waals surface area contributed by atoms with E-state index in [0.29, 0.717) is 5.56 Å². The van der Waals surface area contributed by atoms with Crippen molar-refractivity contribution in [3.8, 4) is 0 Å². The number of hydrogen-bond acceptors (Lipinski definition) is 4. The van der Waals surface area contributed by atoms with E-state index in [1.165, 1.54) is 32.4 Å². The second-order valence-corrected chi connectivity index (χ2v) is 9.10. The number of piperidine rings is 2. The van der Waals surface area contributed by atoms with Crippen molar-refractivity contribution in [1.82, 2.24) is 24.9 Å². The summed E-state index contributed by atoms with van der Waals surface area (Å²) in [5.74, 6) is -0.00388. The number of amides is 1. The Morgan fingerprint density at radius 3 is 2.38 bits per heavy atom. The summed E-state index contributed by atoms with van der Waals surface area (Å²) in [7, 11) is 2.19. The molecule has 2 aliphatic heterocycles. The second kappa shape index (κ2) is 7.69. The van der Waals surface area contributed by atoms with Crippen molar-refractivity contribution in [3.63, 3.8) is 0 Å². The van der Waals surface area contributed by atoms with E-state index in [0.717, 1.165) is 32.5 Å². The minimum atomic E-state index is -0.110. The molecular weight excluding hydrogens is 326 g/mol. The van der Waals surface area contributed by atoms with Gasteiger partial charge in [0.05, 0.1) is 17.3 Å². The third kappa shape index (κ3) is 4.29. The first-order valence-corrected chi connectivity index (χ1v) is 10.1. The van der Waals surface area contributed by atoms with Crippen LogP contribution in [0.2, 0.25) is 0 Å². The van der Waals surface area contributed by atoms with Crippen LogP contribution < -0.4 is 5.32 Å². The highest BCUT2D eigenvalue weighted by Gasteiger charge is 2.39. The molecule has 1 amide bonds. The summed E-state index contributed by atoms with van der Waals surface area (Å²) in [5, 5.41) is 7.59. The van der Waals surface area contributed by atoms with Crippen molar-refractivity contribution in [2.75, 3.05) is 39.8 Å². The van der Waals surface area contributed by atoms with Gasteiger partial charge in [-0.2, -0.15) is 5.10 Å². The number of likely N-dealkylation sites (tertiary alicyclic amines) is 2. The lowest BCUT2D eigenvalue weighted by Crippen LogP contribution is -2.61. The van der Waals surface area contributed by atoms with Crippen LogP contribution in [0.4, 0.5) is 0 Å². The Kier molecular flexibility index (Phi) is 5.72. The van der Waals surface area contributed by atoms with Gasteiger partial charge in [0.15, 0.2) is 0 Å². The SMILES string of the molecule is CN1CCC(CNC(=O)c2cnn(C(C)(C)C)c2)(N2CCCCC2)CC1. The van der Waals surface area contributed by atoms with E-state index in [-0.39, 0.29) is 17.0 Å². The largest absolute Gasteiger partial charge is 0.350 e. The summed E-state index contributed by atoms with van der Waals surface area (Å²) in [6.45, 7) is 11.6. The molecule has 3 rings (SSSR count). The van der Waals surface area contributed by atoms with Gasteiger partial charge in [-0.15, -0.1) is 0 Å². The lowest BCUT2D eigenvalue weighted by atomic mass is 9.84. The second-order valence-electron chi connectivity index (χ2n) is 9.10. The van der Waals surface area contributed by atoms with Gasteiger partial charge in [0.2, 0.25) is 0 Å². The summed E-state index contributed by atoms with van der Waals surface area (Å²) in [4.78, 5) is 17.8. The average Bonchev–Trinajstić information content (AvgIpc) is 3.13. The molecule has 0 saturated carbocycles. The minimum absolute atomic E-state index is 0.00388. The van der Waals surface area contributed by atoms with Gasteiger partial charge in [-0.1, -0.05) is 6.42 Å². The van der Waals surface area contributed by atoms with Gasteiger partial charge in [0.25, 0.3) is 5.91 Å². The number of carbonyl (C=O) groups is 1. The highest BCUT2D eigenvalue weighted by Crippen LogP contribution is 2.31. The Labute approximate surface area is 157 Å². The van der Waals surface area contributed by atoms with Crippen molar-refractivity contribution in [2.24, 2.45) is 0 Å². The molecule has 0 spiro atoms. The van der Waals surface area contributed by atoms with E-state index >= 15 is 0 Å². The van der Waals surface area contributed by atoms with E-state index in [2.05, 4.69) is 48.0 Å². The van der Waals surface area contributed by atoms with Crippen LogP contribution in [-0.4, -0.2) is 70.8 Å². The molecule has 0 aliphatic carbocycles. The highest BCUT2D eigenvalue weighted by molar-refractivity contribution is 5.93. The van der Waals surface area contributed by atoms with E-state index in [4.69, 9.17) is 0 Å². The van der Waals surface area contributed by atoms with Crippen LogP contribution in [0.25, 0.3) is 0 Å². The average molecular weight is 362 g/mol. The van der Waals surface area contributed by atoms with Crippen LogP contribution in [0, 0.1) is 0 Å². The number of rotatable bonds is 4. The molecule has 6 heteroatoms. The zero-order valence-electron chi connectivity index (χ0n) is 16.9. The van der Waals surface area contributed by atoms with Crippen LogP contribution in [0.15, 0.2) is 12.4 Å². The number of aromatic nitrogens is 2. The van der Waals surface area contributed by atoms with Gasteiger partial charge in [0.1, 0.15) is 0 Å². The maximum Gasteiger partial charge on any atom is 0.254 e. The normalized spacial score (nSPS) is 22.3. The first-order chi connectivity index (χ1) is 12.3. The quantitative estimate of drug-likeness (QED) is 0.894. The minimum Gasteiger partial charge on any atom is -0.350 e. The smallest absolute Gasteiger partial charge is 0.254 e. The Bertz CT molecular complexity index is 604. The summed E-state index contributed by atoms with van der Waals surface area (Å²) < 4.78 is 1.86. The van der Waals surface area contributed by atoms with Gasteiger partial charge in [-0.05, 0) is 79.7 Å². The van der Waals surface area contributed by atoms with Gasteiger partial charge >= 0.3 is 0 Å². The Morgan fingerprint density at radius 1 is 1.15 bits per heavy atom. The molecule has 146 valence electrons. The molecule has 1 aromatic rings. The van der Waals surface area contributed by atoms with Crippen LogP contribution in [0.3, 0.4) is 0 Å². The molecule has 1 N–H and O–H groups in total. The molecule has 0 unspecified atom stereocenters. The fourth-order valence-corrected chi connectivity index (χ4v) is 4.16. The molecule has 6 nitrogen and oxygen atoms in total. The van der Waals surface area contributed by atoms with E-state index in [1.807, 2.05) is 10.9 Å². The molecule has 0 bridgehead atoms. The topological polar surface area (TPSA) is 53.4 Å². The van der Waals surface area contributed by atoms with Crippen molar-refractivity contribution in [2.45, 2.75) is 64.0 Å². The number of hydrogen-bond donors (Lipinski definition) is 1. The maximum atomic E-state index is 12.7. The summed E-state index contributed by atoms with van der Waals surface area (Å²) in [6, 6.07) is 0. The van der Waals surface area contributed by atoms with E-state index < -0.39 is 0 Å². The van der Waals surface area contributed by atoms with E-state index in [1.54, 1.807) is 6.20 Å². The molecule has 0 atom stereocenters. The lowest BCUT2D eigenvalue weighted by Gasteiger charge is -2.50. The van der Waals surface area contributed by atoms with Gasteiger partial charge in [-0.3, -0.25) is 14.4 Å². The van der Waals surface area contributed by atoms with Crippen LogP contribution in [-0.2, 0) is 5.54 Å². The van der Waals surface area contributed by atoms with Crippen LogP contribution in [0.5, 0.6) is 0 Å². The monoisotopic (exact) mass is 361 g/mol. The number of carbonyl (C=O) groups excluding carboxylic acids is 1. The van der Waals surface area contributed by atoms with Crippen molar-refractivity contribution in [1.29, 1.82) is 0 Å². The molecule has 3 heterocycles. The maximum absolute atomic E-state index is 12.7. The molecule has 0 radical (unpaired) electrons. The predicted octanol–water partition coefficient (Wildman–Crippen LogP) is 2.32. The first kappa shape index (κ1) is 19.4. The molecule has 1 aromatic heterocycles. The zero-order valence-corrected chi connectivity index (χ0v) is 16.9. The summed E-state index contributed by atoms with van der Waals surface area (Å²) in [5.41, 5.74) is 0.658. The Hall–Kier alpha value is -1.40. The Balaban J connectivity index is 1.67.